The molecule has 0 saturated heterocycles. The summed E-state index contributed by atoms with van der Waals surface area (Å²) in [4.78, 5) is 27.8. The molecule has 0 aliphatic rings. The number of rotatable bonds is 5. The SMILES string of the molecule is C[C@@H](NC(=O)c1ccccc1F)C(=O)NCc1cscn1. The first-order chi connectivity index (χ1) is 10.1. The number of thiazole rings is 1. The van der Waals surface area contributed by atoms with Crippen molar-refractivity contribution in [2.45, 2.75) is 19.5 Å². The average Bonchev–Trinajstić information content (AvgIpc) is 2.98. The summed E-state index contributed by atoms with van der Waals surface area (Å²) in [6.07, 6.45) is 0. The molecule has 0 unspecified atom stereocenters. The fraction of sp³-hybridized carbons (Fsp3) is 0.214. The molecular formula is C14H14FN3O2S. The van der Waals surface area contributed by atoms with Crippen LogP contribution in [0, 0.1) is 5.82 Å². The zero-order valence-corrected chi connectivity index (χ0v) is 12.1. The van der Waals surface area contributed by atoms with Gasteiger partial charge in [0.25, 0.3) is 5.91 Å². The molecule has 0 aliphatic carbocycles. The number of amides is 2. The van der Waals surface area contributed by atoms with Crippen LogP contribution in [0.25, 0.3) is 0 Å². The van der Waals surface area contributed by atoms with Crippen LogP contribution in [-0.4, -0.2) is 22.8 Å². The standard InChI is InChI=1S/C14H14FN3O2S/c1-9(13(19)16-6-10-7-21-8-17-10)18-14(20)11-4-2-3-5-12(11)15/h2-5,7-9H,6H2,1H3,(H,16,19)(H,18,20)/t9-/m1/s1. The van der Waals surface area contributed by atoms with Crippen molar-refractivity contribution in [3.63, 3.8) is 0 Å². The maximum atomic E-state index is 13.5. The van der Waals surface area contributed by atoms with Crippen molar-refractivity contribution in [3.8, 4) is 0 Å². The van der Waals surface area contributed by atoms with Crippen molar-refractivity contribution in [1.29, 1.82) is 0 Å². The zero-order chi connectivity index (χ0) is 15.2. The molecule has 21 heavy (non-hydrogen) atoms. The van der Waals surface area contributed by atoms with Gasteiger partial charge >= 0.3 is 0 Å². The normalized spacial score (nSPS) is 11.7. The van der Waals surface area contributed by atoms with Crippen LogP contribution in [0.2, 0.25) is 0 Å². The van der Waals surface area contributed by atoms with E-state index in [9.17, 15) is 14.0 Å². The fourth-order valence-electron chi connectivity index (χ4n) is 1.64. The van der Waals surface area contributed by atoms with Crippen LogP contribution in [0.4, 0.5) is 4.39 Å². The molecule has 2 amide bonds. The first kappa shape index (κ1) is 15.1. The fourth-order valence-corrected chi connectivity index (χ4v) is 2.20. The van der Waals surface area contributed by atoms with E-state index in [0.717, 1.165) is 5.69 Å². The molecule has 0 spiro atoms. The minimum absolute atomic E-state index is 0.0864. The number of carbonyl (C=O) groups excluding carboxylic acids is 2. The van der Waals surface area contributed by atoms with E-state index in [4.69, 9.17) is 0 Å². The lowest BCUT2D eigenvalue weighted by molar-refractivity contribution is -0.122. The van der Waals surface area contributed by atoms with Gasteiger partial charge in [-0.15, -0.1) is 11.3 Å². The summed E-state index contributed by atoms with van der Waals surface area (Å²) < 4.78 is 13.5. The van der Waals surface area contributed by atoms with Crippen LogP contribution >= 0.6 is 11.3 Å². The van der Waals surface area contributed by atoms with Gasteiger partial charge in [0.2, 0.25) is 5.91 Å². The highest BCUT2D eigenvalue weighted by Crippen LogP contribution is 2.06. The summed E-state index contributed by atoms with van der Waals surface area (Å²) in [5.74, 6) is -1.60. The number of nitrogens with one attached hydrogen (secondary N) is 2. The lowest BCUT2D eigenvalue weighted by Crippen LogP contribution is -2.44. The van der Waals surface area contributed by atoms with Gasteiger partial charge in [-0.2, -0.15) is 0 Å². The highest BCUT2D eigenvalue weighted by molar-refractivity contribution is 7.07. The van der Waals surface area contributed by atoms with E-state index in [1.165, 1.54) is 36.5 Å². The van der Waals surface area contributed by atoms with Gasteiger partial charge < -0.3 is 10.6 Å². The van der Waals surface area contributed by atoms with Crippen LogP contribution in [-0.2, 0) is 11.3 Å². The highest BCUT2D eigenvalue weighted by Gasteiger charge is 2.18. The molecule has 110 valence electrons. The molecule has 5 nitrogen and oxygen atoms in total. The van der Waals surface area contributed by atoms with Gasteiger partial charge in [-0.1, -0.05) is 12.1 Å². The van der Waals surface area contributed by atoms with E-state index < -0.39 is 17.8 Å². The summed E-state index contributed by atoms with van der Waals surface area (Å²) in [5.41, 5.74) is 2.34. The Labute approximate surface area is 125 Å². The quantitative estimate of drug-likeness (QED) is 0.883. The van der Waals surface area contributed by atoms with E-state index in [1.54, 1.807) is 11.6 Å². The van der Waals surface area contributed by atoms with E-state index >= 15 is 0 Å². The van der Waals surface area contributed by atoms with E-state index in [-0.39, 0.29) is 11.5 Å². The molecule has 1 aromatic heterocycles. The van der Waals surface area contributed by atoms with Crippen LogP contribution in [0.15, 0.2) is 35.2 Å². The Morgan fingerprint density at radius 1 is 1.38 bits per heavy atom. The Kier molecular flexibility index (Phi) is 4.99. The number of halogens is 1. The minimum Gasteiger partial charge on any atom is -0.349 e. The monoisotopic (exact) mass is 307 g/mol. The van der Waals surface area contributed by atoms with Crippen molar-refractivity contribution in [1.82, 2.24) is 15.6 Å². The maximum Gasteiger partial charge on any atom is 0.254 e. The largest absolute Gasteiger partial charge is 0.349 e. The van der Waals surface area contributed by atoms with Gasteiger partial charge in [-0.05, 0) is 19.1 Å². The number of benzene rings is 1. The van der Waals surface area contributed by atoms with Gasteiger partial charge in [-0.3, -0.25) is 9.59 Å². The predicted molar refractivity (Wildman–Crippen MR) is 77.3 cm³/mol. The molecule has 1 aromatic carbocycles. The average molecular weight is 307 g/mol. The van der Waals surface area contributed by atoms with Crippen molar-refractivity contribution in [2.75, 3.05) is 0 Å². The van der Waals surface area contributed by atoms with E-state index in [0.29, 0.717) is 6.54 Å². The molecule has 7 heteroatoms. The number of hydrogen-bond acceptors (Lipinski definition) is 4. The second kappa shape index (κ2) is 6.94. The number of hydrogen-bond donors (Lipinski definition) is 2. The number of aromatic nitrogens is 1. The smallest absolute Gasteiger partial charge is 0.254 e. The van der Waals surface area contributed by atoms with Crippen molar-refractivity contribution in [2.24, 2.45) is 0 Å². The Morgan fingerprint density at radius 3 is 2.81 bits per heavy atom. The molecule has 0 saturated carbocycles. The van der Waals surface area contributed by atoms with Crippen molar-refractivity contribution >= 4 is 23.2 Å². The first-order valence-corrected chi connectivity index (χ1v) is 7.22. The van der Waals surface area contributed by atoms with Crippen LogP contribution in [0.1, 0.15) is 23.0 Å². The third-order valence-electron chi connectivity index (χ3n) is 2.79. The molecule has 1 atom stereocenters. The Hall–Kier alpha value is -2.28. The number of nitrogens with zero attached hydrogens (tertiary/aromatic N) is 1. The molecular weight excluding hydrogens is 293 g/mol. The van der Waals surface area contributed by atoms with E-state index in [2.05, 4.69) is 15.6 Å². The number of carbonyl (C=O) groups is 2. The highest BCUT2D eigenvalue weighted by atomic mass is 32.1. The van der Waals surface area contributed by atoms with Crippen molar-refractivity contribution in [3.05, 3.63) is 52.2 Å². The first-order valence-electron chi connectivity index (χ1n) is 6.28. The molecule has 0 fully saturated rings. The van der Waals surface area contributed by atoms with Crippen LogP contribution in [0.3, 0.4) is 0 Å². The molecule has 1 heterocycles. The summed E-state index contributed by atoms with van der Waals surface area (Å²) in [7, 11) is 0. The summed E-state index contributed by atoms with van der Waals surface area (Å²) in [6.45, 7) is 1.83. The summed E-state index contributed by atoms with van der Waals surface area (Å²) in [5, 5.41) is 6.93. The van der Waals surface area contributed by atoms with Gasteiger partial charge in [0.05, 0.1) is 23.3 Å². The third-order valence-corrected chi connectivity index (χ3v) is 3.42. The molecule has 0 radical (unpaired) electrons. The molecule has 2 N–H and O–H groups in total. The summed E-state index contributed by atoms with van der Waals surface area (Å²) in [6, 6.07) is 4.85. The Morgan fingerprint density at radius 2 is 2.14 bits per heavy atom. The van der Waals surface area contributed by atoms with Crippen LogP contribution in [0.5, 0.6) is 0 Å². The minimum atomic E-state index is -0.768. The Bertz CT molecular complexity index is 631. The molecule has 0 aliphatic heterocycles. The van der Waals surface area contributed by atoms with Crippen LogP contribution < -0.4 is 10.6 Å². The maximum absolute atomic E-state index is 13.5. The van der Waals surface area contributed by atoms with Gasteiger partial charge in [0.1, 0.15) is 11.9 Å². The second-order valence-corrected chi connectivity index (χ2v) is 5.09. The molecule has 0 bridgehead atoms. The summed E-state index contributed by atoms with van der Waals surface area (Å²) >= 11 is 1.44. The lowest BCUT2D eigenvalue weighted by Gasteiger charge is -2.14. The molecule has 2 aromatic rings. The predicted octanol–water partition coefficient (Wildman–Crippen LogP) is 1.72. The second-order valence-electron chi connectivity index (χ2n) is 4.37. The van der Waals surface area contributed by atoms with Gasteiger partial charge in [-0.25, -0.2) is 9.37 Å². The van der Waals surface area contributed by atoms with Crippen molar-refractivity contribution < 1.29 is 14.0 Å². The van der Waals surface area contributed by atoms with E-state index in [1.807, 2.05) is 5.38 Å². The molecule has 2 rings (SSSR count). The zero-order valence-electron chi connectivity index (χ0n) is 11.3. The van der Waals surface area contributed by atoms with Gasteiger partial charge in [0, 0.05) is 5.38 Å². The third kappa shape index (κ3) is 4.09. The topological polar surface area (TPSA) is 71.1 Å². The van der Waals surface area contributed by atoms with Gasteiger partial charge in [0.15, 0.2) is 0 Å². The Balaban J connectivity index is 1.88. The lowest BCUT2D eigenvalue weighted by atomic mass is 10.2.